The largest absolute Gasteiger partial charge is 0.458 e. The van der Waals surface area contributed by atoms with Crippen molar-refractivity contribution in [3.8, 4) is 11.5 Å². The molecule has 0 radical (unpaired) electrons. The van der Waals surface area contributed by atoms with Crippen LogP contribution in [0.1, 0.15) is 5.56 Å². The second-order valence-corrected chi connectivity index (χ2v) is 5.80. The zero-order valence-corrected chi connectivity index (χ0v) is 13.3. The molecule has 4 heteroatoms. The Kier molecular flexibility index (Phi) is 5.26. The third-order valence-corrected chi connectivity index (χ3v) is 3.70. The van der Waals surface area contributed by atoms with Crippen LogP contribution >= 0.6 is 11.8 Å². The van der Waals surface area contributed by atoms with E-state index in [0.29, 0.717) is 5.69 Å². The van der Waals surface area contributed by atoms with Gasteiger partial charge in [-0.25, -0.2) is 4.85 Å². The molecule has 3 nitrogen and oxygen atoms in total. The molecule has 0 aliphatic heterocycles. The van der Waals surface area contributed by atoms with Crippen LogP contribution in [0, 0.1) is 6.57 Å². The molecule has 0 fully saturated rings. The monoisotopic (exact) mass is 298 g/mol. The van der Waals surface area contributed by atoms with Crippen LogP contribution < -0.4 is 4.74 Å². The Balaban J connectivity index is 2.29. The van der Waals surface area contributed by atoms with Gasteiger partial charge in [-0.05, 0) is 50.7 Å². The quantitative estimate of drug-likeness (QED) is 0.582. The number of hydrogen-bond donors (Lipinski definition) is 0. The first-order valence-electron chi connectivity index (χ1n) is 6.59. The Morgan fingerprint density at radius 2 is 1.86 bits per heavy atom. The maximum Gasteiger partial charge on any atom is 0.190 e. The van der Waals surface area contributed by atoms with Crippen molar-refractivity contribution in [2.75, 3.05) is 20.4 Å². The Bertz CT molecular complexity index is 645. The van der Waals surface area contributed by atoms with Crippen molar-refractivity contribution in [3.05, 3.63) is 59.4 Å². The lowest BCUT2D eigenvalue weighted by Gasteiger charge is -2.15. The Morgan fingerprint density at radius 1 is 1.14 bits per heavy atom. The molecule has 2 aromatic rings. The fraction of sp³-hybridized carbons (Fsp3) is 0.235. The number of nitrogens with zero attached hydrogens (tertiary/aromatic N) is 2. The molecule has 0 atom stereocenters. The van der Waals surface area contributed by atoms with Gasteiger partial charge in [-0.3, -0.25) is 0 Å². The van der Waals surface area contributed by atoms with E-state index in [0.717, 1.165) is 23.6 Å². The molecule has 108 valence electrons. The van der Waals surface area contributed by atoms with Gasteiger partial charge in [0.05, 0.1) is 6.57 Å². The minimum absolute atomic E-state index is 0.591. The van der Waals surface area contributed by atoms with Crippen molar-refractivity contribution in [2.45, 2.75) is 11.4 Å². The lowest BCUT2D eigenvalue weighted by Crippen LogP contribution is -2.11. The smallest absolute Gasteiger partial charge is 0.190 e. The molecule has 0 N–H and O–H groups in total. The highest BCUT2D eigenvalue weighted by Crippen LogP contribution is 2.31. The van der Waals surface area contributed by atoms with E-state index in [-0.39, 0.29) is 0 Å². The lowest BCUT2D eigenvalue weighted by atomic mass is 10.1. The zero-order chi connectivity index (χ0) is 15.2. The first-order chi connectivity index (χ1) is 10.1. The van der Waals surface area contributed by atoms with Gasteiger partial charge in [0.25, 0.3) is 0 Å². The Hall–Kier alpha value is -1.96. The van der Waals surface area contributed by atoms with Crippen LogP contribution in [0.25, 0.3) is 4.85 Å². The lowest BCUT2D eigenvalue weighted by molar-refractivity contribution is 0.388. The second kappa shape index (κ2) is 7.16. The third-order valence-electron chi connectivity index (χ3n) is 2.95. The van der Waals surface area contributed by atoms with Crippen LogP contribution in [0.5, 0.6) is 11.5 Å². The number of benzene rings is 2. The predicted molar refractivity (Wildman–Crippen MR) is 88.4 cm³/mol. The SMILES string of the molecule is [C-]#[N+]c1ccc(CN(C)C)c(Oc2ccc(SC)cc2)c1. The van der Waals surface area contributed by atoms with Gasteiger partial charge in [0.15, 0.2) is 5.69 Å². The molecule has 0 bridgehead atoms. The van der Waals surface area contributed by atoms with Gasteiger partial charge < -0.3 is 9.64 Å². The zero-order valence-electron chi connectivity index (χ0n) is 12.5. The van der Waals surface area contributed by atoms with Gasteiger partial charge in [0.2, 0.25) is 0 Å². The van der Waals surface area contributed by atoms with Crippen LogP contribution in [0.3, 0.4) is 0 Å². The van der Waals surface area contributed by atoms with Gasteiger partial charge >= 0.3 is 0 Å². The van der Waals surface area contributed by atoms with Crippen molar-refractivity contribution in [1.29, 1.82) is 0 Å². The minimum atomic E-state index is 0.591. The van der Waals surface area contributed by atoms with Crippen molar-refractivity contribution in [1.82, 2.24) is 4.90 Å². The second-order valence-electron chi connectivity index (χ2n) is 4.92. The summed E-state index contributed by atoms with van der Waals surface area (Å²) in [5.41, 5.74) is 1.66. The summed E-state index contributed by atoms with van der Waals surface area (Å²) in [6.07, 6.45) is 2.05. The average molecular weight is 298 g/mol. The molecule has 0 aliphatic rings. The van der Waals surface area contributed by atoms with E-state index < -0.39 is 0 Å². The molecule has 0 saturated carbocycles. The molecule has 21 heavy (non-hydrogen) atoms. The normalized spacial score (nSPS) is 10.4. The van der Waals surface area contributed by atoms with E-state index >= 15 is 0 Å². The Morgan fingerprint density at radius 3 is 2.43 bits per heavy atom. The fourth-order valence-electron chi connectivity index (χ4n) is 1.95. The van der Waals surface area contributed by atoms with Crippen LogP contribution in [-0.4, -0.2) is 25.3 Å². The summed E-state index contributed by atoms with van der Waals surface area (Å²) >= 11 is 1.70. The molecule has 2 aromatic carbocycles. The summed E-state index contributed by atoms with van der Waals surface area (Å²) in [6.45, 7) is 7.92. The number of ether oxygens (including phenoxy) is 1. The summed E-state index contributed by atoms with van der Waals surface area (Å²) in [6, 6.07) is 13.6. The van der Waals surface area contributed by atoms with Crippen molar-refractivity contribution >= 4 is 17.4 Å². The van der Waals surface area contributed by atoms with Crippen LogP contribution in [0.4, 0.5) is 5.69 Å². The molecule has 0 saturated heterocycles. The number of rotatable bonds is 5. The summed E-state index contributed by atoms with van der Waals surface area (Å²) in [5.74, 6) is 1.53. The molecule has 0 heterocycles. The van der Waals surface area contributed by atoms with Gasteiger partial charge in [-0.2, -0.15) is 0 Å². The molecule has 0 aliphatic carbocycles. The summed E-state index contributed by atoms with van der Waals surface area (Å²) in [5, 5.41) is 0. The van der Waals surface area contributed by atoms with E-state index in [4.69, 9.17) is 11.3 Å². The van der Waals surface area contributed by atoms with Gasteiger partial charge in [-0.15, -0.1) is 11.8 Å². The highest BCUT2D eigenvalue weighted by Gasteiger charge is 2.08. The maximum absolute atomic E-state index is 7.14. The molecular weight excluding hydrogens is 280 g/mol. The van der Waals surface area contributed by atoms with Gasteiger partial charge in [-0.1, -0.05) is 12.1 Å². The summed E-state index contributed by atoms with van der Waals surface area (Å²) in [4.78, 5) is 6.75. The van der Waals surface area contributed by atoms with Crippen LogP contribution in [0.15, 0.2) is 47.4 Å². The van der Waals surface area contributed by atoms with E-state index in [9.17, 15) is 0 Å². The topological polar surface area (TPSA) is 16.8 Å². The highest BCUT2D eigenvalue weighted by atomic mass is 32.2. The van der Waals surface area contributed by atoms with Crippen LogP contribution in [-0.2, 0) is 6.54 Å². The molecule has 0 unspecified atom stereocenters. The minimum Gasteiger partial charge on any atom is -0.458 e. The Labute approximate surface area is 130 Å². The number of hydrogen-bond acceptors (Lipinski definition) is 3. The van der Waals surface area contributed by atoms with E-state index in [1.807, 2.05) is 56.7 Å². The predicted octanol–water partition coefficient (Wildman–Crippen LogP) is 4.81. The first-order valence-corrected chi connectivity index (χ1v) is 7.82. The first kappa shape index (κ1) is 15.4. The maximum atomic E-state index is 7.14. The molecule has 0 amide bonds. The molecular formula is C17H18N2OS. The van der Waals surface area contributed by atoms with Gasteiger partial charge in [0, 0.05) is 17.0 Å². The number of thioether (sulfide) groups is 1. The van der Waals surface area contributed by atoms with E-state index in [1.165, 1.54) is 4.90 Å². The van der Waals surface area contributed by atoms with Gasteiger partial charge in [0.1, 0.15) is 11.5 Å². The average Bonchev–Trinajstić information content (AvgIpc) is 2.49. The fourth-order valence-corrected chi connectivity index (χ4v) is 2.36. The van der Waals surface area contributed by atoms with Crippen molar-refractivity contribution < 1.29 is 4.74 Å². The van der Waals surface area contributed by atoms with Crippen LogP contribution in [0.2, 0.25) is 0 Å². The molecule has 2 rings (SSSR count). The van der Waals surface area contributed by atoms with Crippen molar-refractivity contribution in [3.63, 3.8) is 0 Å². The third kappa shape index (κ3) is 4.25. The highest BCUT2D eigenvalue weighted by molar-refractivity contribution is 7.98. The standard InChI is InChI=1S/C17H18N2OS/c1-18-14-6-5-13(12-19(2)3)17(11-14)20-15-7-9-16(21-4)10-8-15/h5-11H,12H2,2-4H3. The summed E-state index contributed by atoms with van der Waals surface area (Å²) < 4.78 is 5.97. The van der Waals surface area contributed by atoms with Crippen molar-refractivity contribution in [2.24, 2.45) is 0 Å². The summed E-state index contributed by atoms with van der Waals surface area (Å²) in [7, 11) is 4.03. The van der Waals surface area contributed by atoms with E-state index in [2.05, 4.69) is 9.74 Å². The molecule has 0 spiro atoms. The molecule has 0 aromatic heterocycles. The van der Waals surface area contributed by atoms with E-state index in [1.54, 1.807) is 17.8 Å².